The van der Waals surface area contributed by atoms with Gasteiger partial charge in [0.1, 0.15) is 18.3 Å². The van der Waals surface area contributed by atoms with E-state index in [1.54, 1.807) is 7.11 Å². The Morgan fingerprint density at radius 3 is 2.09 bits per heavy atom. The van der Waals surface area contributed by atoms with Gasteiger partial charge >= 0.3 is 0 Å². The van der Waals surface area contributed by atoms with Gasteiger partial charge in [0.05, 0.1) is 72.1 Å². The van der Waals surface area contributed by atoms with Crippen molar-refractivity contribution in [2.24, 2.45) is 0 Å². The summed E-state index contributed by atoms with van der Waals surface area (Å²) in [6, 6.07) is -0.639. The third-order valence-electron chi connectivity index (χ3n) is 4.52. The van der Waals surface area contributed by atoms with E-state index < -0.39 is 24.4 Å². The molecule has 0 unspecified atom stereocenters. The summed E-state index contributed by atoms with van der Waals surface area (Å²) in [6.07, 6.45) is -2.59. The van der Waals surface area contributed by atoms with Gasteiger partial charge in [0.2, 0.25) is 11.8 Å². The second kappa shape index (κ2) is 18.1. The molecule has 1 aliphatic heterocycles. The molecule has 0 aromatic rings. The summed E-state index contributed by atoms with van der Waals surface area (Å²) in [5.41, 5.74) is 0. The van der Waals surface area contributed by atoms with Crippen LogP contribution in [-0.4, -0.2) is 126 Å². The fourth-order valence-corrected chi connectivity index (χ4v) is 2.82. The van der Waals surface area contributed by atoms with E-state index in [0.29, 0.717) is 65.8 Å². The van der Waals surface area contributed by atoms with Gasteiger partial charge in [-0.1, -0.05) is 0 Å². The second-order valence-electron chi connectivity index (χ2n) is 7.16. The summed E-state index contributed by atoms with van der Waals surface area (Å²) in [5, 5.41) is 25.4. The zero-order valence-corrected chi connectivity index (χ0v) is 19.0. The minimum atomic E-state index is -1.15. The zero-order chi connectivity index (χ0) is 23.6. The van der Waals surface area contributed by atoms with Gasteiger partial charge < -0.3 is 49.3 Å². The molecule has 0 aromatic carbocycles. The average molecular weight is 467 g/mol. The molecular weight excluding hydrogens is 428 g/mol. The number of aliphatic hydroxyl groups excluding tert-OH is 2. The van der Waals surface area contributed by atoms with E-state index in [1.807, 2.05) is 0 Å². The maximum atomic E-state index is 11.3. The van der Waals surface area contributed by atoms with E-state index in [-0.39, 0.29) is 25.0 Å². The largest absolute Gasteiger partial charge is 0.388 e. The van der Waals surface area contributed by atoms with E-state index in [2.05, 4.69) is 10.6 Å². The van der Waals surface area contributed by atoms with Crippen molar-refractivity contribution in [2.45, 2.75) is 37.7 Å². The summed E-state index contributed by atoms with van der Waals surface area (Å²) >= 11 is 0. The second-order valence-corrected chi connectivity index (χ2v) is 7.16. The lowest BCUT2D eigenvalue weighted by atomic mass is 9.98. The normalized spacial score (nSPS) is 23.1. The molecule has 1 heterocycles. The predicted octanol–water partition coefficient (Wildman–Crippen LogP) is -2.17. The number of ether oxygens (including phenoxy) is 6. The number of hydrogen-bond donors (Lipinski definition) is 4. The summed E-state index contributed by atoms with van der Waals surface area (Å²) in [6.45, 7) is 5.13. The Morgan fingerprint density at radius 2 is 1.50 bits per heavy atom. The van der Waals surface area contributed by atoms with Crippen LogP contribution in [0.4, 0.5) is 0 Å². The molecule has 188 valence electrons. The molecule has 0 saturated carbocycles. The van der Waals surface area contributed by atoms with Crippen molar-refractivity contribution in [3.8, 4) is 0 Å². The Kier molecular flexibility index (Phi) is 16.2. The zero-order valence-electron chi connectivity index (χ0n) is 19.0. The first-order chi connectivity index (χ1) is 15.5. The molecule has 1 fully saturated rings. The molecule has 0 bridgehead atoms. The molecule has 0 aromatic heterocycles. The van der Waals surface area contributed by atoms with Gasteiger partial charge in [-0.3, -0.25) is 9.59 Å². The predicted molar refractivity (Wildman–Crippen MR) is 112 cm³/mol. The summed E-state index contributed by atoms with van der Waals surface area (Å²) in [4.78, 5) is 22.4. The molecule has 2 amide bonds. The Hall–Kier alpha value is -1.38. The Labute approximate surface area is 188 Å². The highest BCUT2D eigenvalue weighted by Crippen LogP contribution is 2.16. The number of carbonyl (C=O) groups is 2. The van der Waals surface area contributed by atoms with E-state index >= 15 is 0 Å². The maximum absolute atomic E-state index is 11.3. The smallest absolute Gasteiger partial charge is 0.222 e. The van der Waals surface area contributed by atoms with Gasteiger partial charge in [0.25, 0.3) is 0 Å². The SMILES string of the molecule is COCCC(=O)NCCOCCOCCOCCOC[C@H]1OC[C@@H](NC(C)=O)[C@@H](O)[C@H]1O. The molecule has 4 atom stereocenters. The van der Waals surface area contributed by atoms with E-state index in [4.69, 9.17) is 28.4 Å². The fraction of sp³-hybridized carbons (Fsp3) is 0.900. The number of rotatable bonds is 18. The molecule has 1 saturated heterocycles. The van der Waals surface area contributed by atoms with Crippen LogP contribution < -0.4 is 10.6 Å². The molecule has 4 N–H and O–H groups in total. The van der Waals surface area contributed by atoms with Gasteiger partial charge in [0, 0.05) is 27.0 Å². The van der Waals surface area contributed by atoms with Gasteiger partial charge in [0.15, 0.2) is 0 Å². The molecule has 1 aliphatic rings. The molecule has 0 radical (unpaired) electrons. The minimum absolute atomic E-state index is 0.0662. The Morgan fingerprint density at radius 1 is 0.906 bits per heavy atom. The maximum Gasteiger partial charge on any atom is 0.222 e. The number of aliphatic hydroxyl groups is 2. The van der Waals surface area contributed by atoms with E-state index in [9.17, 15) is 19.8 Å². The lowest BCUT2D eigenvalue weighted by molar-refractivity contribution is -0.171. The number of methoxy groups -OCH3 is 1. The Bertz CT molecular complexity index is 511. The molecule has 0 aliphatic carbocycles. The van der Waals surface area contributed by atoms with Crippen molar-refractivity contribution < 1.29 is 48.2 Å². The van der Waals surface area contributed by atoms with Crippen LogP contribution in [0.15, 0.2) is 0 Å². The van der Waals surface area contributed by atoms with Gasteiger partial charge in [-0.2, -0.15) is 0 Å². The highest BCUT2D eigenvalue weighted by atomic mass is 16.6. The lowest BCUT2D eigenvalue weighted by Crippen LogP contribution is -2.59. The molecule has 0 spiro atoms. The standard InChI is InChI=1S/C20H38N2O10/c1-15(23)22-16-13-32-17(20(26)19(16)25)14-31-12-11-30-10-9-29-8-7-28-6-4-21-18(24)3-5-27-2/h16-17,19-20,25-26H,3-14H2,1-2H3,(H,21,24)(H,22,23)/t16-,17-,19-,20+/m1/s1. The topological polar surface area (TPSA) is 154 Å². The van der Waals surface area contributed by atoms with Crippen LogP contribution in [0.25, 0.3) is 0 Å². The summed E-state index contributed by atoms with van der Waals surface area (Å²) in [5.74, 6) is -0.365. The summed E-state index contributed by atoms with van der Waals surface area (Å²) in [7, 11) is 1.55. The van der Waals surface area contributed by atoms with Crippen LogP contribution in [0, 0.1) is 0 Å². The number of amides is 2. The number of carbonyl (C=O) groups excluding carboxylic acids is 2. The van der Waals surface area contributed by atoms with Crippen LogP contribution >= 0.6 is 0 Å². The highest BCUT2D eigenvalue weighted by molar-refractivity contribution is 5.75. The van der Waals surface area contributed by atoms with Crippen molar-refractivity contribution >= 4 is 11.8 Å². The Balaban J connectivity index is 1.87. The molecule has 1 rings (SSSR count). The van der Waals surface area contributed by atoms with Crippen molar-refractivity contribution in [1.82, 2.24) is 10.6 Å². The first-order valence-electron chi connectivity index (χ1n) is 10.8. The van der Waals surface area contributed by atoms with Crippen LogP contribution in [0.5, 0.6) is 0 Å². The van der Waals surface area contributed by atoms with Gasteiger partial charge in [-0.25, -0.2) is 0 Å². The third kappa shape index (κ3) is 13.2. The molecule has 12 nitrogen and oxygen atoms in total. The lowest BCUT2D eigenvalue weighted by Gasteiger charge is -2.37. The van der Waals surface area contributed by atoms with Gasteiger partial charge in [-0.15, -0.1) is 0 Å². The van der Waals surface area contributed by atoms with Crippen LogP contribution in [-0.2, 0) is 38.0 Å². The van der Waals surface area contributed by atoms with Crippen LogP contribution in [0.2, 0.25) is 0 Å². The minimum Gasteiger partial charge on any atom is -0.388 e. The highest BCUT2D eigenvalue weighted by Gasteiger charge is 2.38. The number of nitrogens with one attached hydrogen (secondary N) is 2. The fourth-order valence-electron chi connectivity index (χ4n) is 2.82. The van der Waals surface area contributed by atoms with Crippen LogP contribution in [0.1, 0.15) is 13.3 Å². The van der Waals surface area contributed by atoms with Crippen molar-refractivity contribution in [3.05, 3.63) is 0 Å². The van der Waals surface area contributed by atoms with Crippen molar-refractivity contribution in [2.75, 3.05) is 79.7 Å². The molecular formula is C20H38N2O10. The molecule has 12 heteroatoms. The molecule has 32 heavy (non-hydrogen) atoms. The van der Waals surface area contributed by atoms with E-state index in [1.165, 1.54) is 6.92 Å². The third-order valence-corrected chi connectivity index (χ3v) is 4.52. The van der Waals surface area contributed by atoms with Gasteiger partial charge in [-0.05, 0) is 0 Å². The summed E-state index contributed by atoms with van der Waals surface area (Å²) < 4.78 is 31.8. The number of hydrogen-bond acceptors (Lipinski definition) is 10. The first-order valence-corrected chi connectivity index (χ1v) is 10.8. The van der Waals surface area contributed by atoms with E-state index in [0.717, 1.165) is 0 Å². The van der Waals surface area contributed by atoms with Crippen molar-refractivity contribution in [3.63, 3.8) is 0 Å². The van der Waals surface area contributed by atoms with Crippen molar-refractivity contribution in [1.29, 1.82) is 0 Å². The van der Waals surface area contributed by atoms with Crippen LogP contribution in [0.3, 0.4) is 0 Å². The average Bonchev–Trinajstić information content (AvgIpc) is 2.76. The quantitative estimate of drug-likeness (QED) is 0.164. The first kappa shape index (κ1) is 28.7. The monoisotopic (exact) mass is 466 g/mol.